The molecule has 1 nitrogen and oxygen atoms in total. The maximum atomic E-state index is 13.7. The van der Waals surface area contributed by atoms with Crippen molar-refractivity contribution in [3.63, 3.8) is 0 Å². The fraction of sp³-hybridized carbons (Fsp3) is 0.538. The third kappa shape index (κ3) is 3.69. The zero-order chi connectivity index (χ0) is 14.0. The van der Waals surface area contributed by atoms with E-state index in [1.807, 2.05) is 0 Å². The van der Waals surface area contributed by atoms with E-state index < -0.39 is 12.1 Å². The van der Waals surface area contributed by atoms with Crippen LogP contribution in [0.5, 0.6) is 0 Å². The lowest BCUT2D eigenvalue weighted by Gasteiger charge is -2.33. The van der Waals surface area contributed by atoms with Gasteiger partial charge in [0.1, 0.15) is 5.82 Å². The second kappa shape index (κ2) is 5.79. The first-order chi connectivity index (χ1) is 8.88. The Morgan fingerprint density at radius 1 is 1.32 bits per heavy atom. The average molecular weight is 340 g/mol. The Hall–Kier alpha value is -0.620. The van der Waals surface area contributed by atoms with Crippen molar-refractivity contribution >= 4 is 15.9 Å². The van der Waals surface area contributed by atoms with Gasteiger partial charge >= 0.3 is 6.18 Å². The summed E-state index contributed by atoms with van der Waals surface area (Å²) in [5, 5.41) is 0. The minimum Gasteiger partial charge on any atom is -0.298 e. The lowest BCUT2D eigenvalue weighted by atomic mass is 9.97. The van der Waals surface area contributed by atoms with Crippen LogP contribution in [0.1, 0.15) is 18.4 Å². The summed E-state index contributed by atoms with van der Waals surface area (Å²) in [7, 11) is 0. The third-order valence-corrected chi connectivity index (χ3v) is 4.15. The molecule has 0 bridgehead atoms. The SMILES string of the molecule is Fc1cccc(Br)c1CN1CCCC(C(F)(F)F)C1. The Labute approximate surface area is 117 Å². The zero-order valence-electron chi connectivity index (χ0n) is 10.2. The van der Waals surface area contributed by atoms with Crippen LogP contribution in [0.2, 0.25) is 0 Å². The Kier molecular flexibility index (Phi) is 4.50. The van der Waals surface area contributed by atoms with Crippen LogP contribution in [-0.2, 0) is 6.54 Å². The second-order valence-electron chi connectivity index (χ2n) is 4.82. The molecule has 1 saturated heterocycles. The standard InChI is InChI=1S/C13H14BrF4N/c14-11-4-1-5-12(15)10(11)8-19-6-2-3-9(7-19)13(16,17)18/h1,4-5,9H,2-3,6-8H2. The van der Waals surface area contributed by atoms with Crippen LogP contribution in [0.4, 0.5) is 17.6 Å². The van der Waals surface area contributed by atoms with Gasteiger partial charge in [0.15, 0.2) is 0 Å². The normalized spacial score (nSPS) is 21.6. The van der Waals surface area contributed by atoms with Gasteiger partial charge in [0.05, 0.1) is 5.92 Å². The fourth-order valence-electron chi connectivity index (χ4n) is 2.37. The van der Waals surface area contributed by atoms with E-state index in [1.165, 1.54) is 6.07 Å². The zero-order valence-corrected chi connectivity index (χ0v) is 11.8. The highest BCUT2D eigenvalue weighted by atomic mass is 79.9. The van der Waals surface area contributed by atoms with Gasteiger partial charge < -0.3 is 0 Å². The first-order valence-electron chi connectivity index (χ1n) is 6.10. The highest BCUT2D eigenvalue weighted by Gasteiger charge is 2.41. The van der Waals surface area contributed by atoms with Gasteiger partial charge in [-0.2, -0.15) is 13.2 Å². The minimum atomic E-state index is -4.16. The number of likely N-dealkylation sites (tertiary alicyclic amines) is 1. The van der Waals surface area contributed by atoms with Crippen molar-refractivity contribution < 1.29 is 17.6 Å². The fourth-order valence-corrected chi connectivity index (χ4v) is 2.84. The molecule has 1 fully saturated rings. The van der Waals surface area contributed by atoms with Crippen molar-refractivity contribution in [2.24, 2.45) is 5.92 Å². The van der Waals surface area contributed by atoms with E-state index in [0.717, 1.165) is 0 Å². The summed E-state index contributed by atoms with van der Waals surface area (Å²) in [4.78, 5) is 1.67. The maximum absolute atomic E-state index is 13.7. The smallest absolute Gasteiger partial charge is 0.298 e. The monoisotopic (exact) mass is 339 g/mol. The summed E-state index contributed by atoms with van der Waals surface area (Å²) in [6.45, 7) is 0.734. The van der Waals surface area contributed by atoms with Crippen LogP contribution in [-0.4, -0.2) is 24.2 Å². The lowest BCUT2D eigenvalue weighted by molar-refractivity contribution is -0.187. The molecule has 0 aliphatic carbocycles. The second-order valence-corrected chi connectivity index (χ2v) is 5.67. The number of hydrogen-bond donors (Lipinski definition) is 0. The molecule has 0 radical (unpaired) electrons. The third-order valence-electron chi connectivity index (χ3n) is 3.41. The van der Waals surface area contributed by atoms with E-state index >= 15 is 0 Å². The quantitative estimate of drug-likeness (QED) is 0.723. The molecule has 0 saturated carbocycles. The molecule has 2 rings (SSSR count). The molecule has 1 heterocycles. The van der Waals surface area contributed by atoms with E-state index in [4.69, 9.17) is 0 Å². The molecule has 19 heavy (non-hydrogen) atoms. The van der Waals surface area contributed by atoms with Crippen molar-refractivity contribution in [1.82, 2.24) is 4.90 Å². The van der Waals surface area contributed by atoms with Gasteiger partial charge in [-0.1, -0.05) is 22.0 Å². The summed E-state index contributed by atoms with van der Waals surface area (Å²) in [6, 6.07) is 4.59. The van der Waals surface area contributed by atoms with Crippen LogP contribution in [0, 0.1) is 11.7 Å². The topological polar surface area (TPSA) is 3.24 Å². The number of nitrogens with zero attached hydrogens (tertiary/aromatic N) is 1. The minimum absolute atomic E-state index is 0.0513. The average Bonchev–Trinajstić information content (AvgIpc) is 2.33. The van der Waals surface area contributed by atoms with Crippen LogP contribution in [0.25, 0.3) is 0 Å². The van der Waals surface area contributed by atoms with Gasteiger partial charge in [0.2, 0.25) is 0 Å². The van der Waals surface area contributed by atoms with Crippen LogP contribution in [0.3, 0.4) is 0 Å². The number of halogens is 5. The first-order valence-corrected chi connectivity index (χ1v) is 6.89. The predicted octanol–water partition coefficient (Wildman–Crippen LogP) is 4.36. The van der Waals surface area contributed by atoms with Gasteiger partial charge in [-0.05, 0) is 31.5 Å². The number of benzene rings is 1. The molecule has 1 aromatic carbocycles. The molecule has 1 unspecified atom stereocenters. The molecule has 0 N–H and O–H groups in total. The lowest BCUT2D eigenvalue weighted by Crippen LogP contribution is -2.41. The Morgan fingerprint density at radius 2 is 2.05 bits per heavy atom. The van der Waals surface area contributed by atoms with Crippen molar-refractivity contribution in [3.8, 4) is 0 Å². The Balaban J connectivity index is 2.07. The first kappa shape index (κ1) is 14.8. The van der Waals surface area contributed by atoms with Gasteiger partial charge in [-0.15, -0.1) is 0 Å². The number of hydrogen-bond acceptors (Lipinski definition) is 1. The van der Waals surface area contributed by atoms with Gasteiger partial charge in [0.25, 0.3) is 0 Å². The van der Waals surface area contributed by atoms with Crippen molar-refractivity contribution in [2.75, 3.05) is 13.1 Å². The summed E-state index contributed by atoms with van der Waals surface area (Å²) in [6.07, 6.45) is -3.50. The summed E-state index contributed by atoms with van der Waals surface area (Å²) in [5.74, 6) is -1.68. The molecule has 1 aromatic rings. The number of alkyl halides is 3. The molecule has 1 aliphatic heterocycles. The highest BCUT2D eigenvalue weighted by Crippen LogP contribution is 2.34. The van der Waals surface area contributed by atoms with Crippen molar-refractivity contribution in [1.29, 1.82) is 0 Å². The molecular weight excluding hydrogens is 326 g/mol. The summed E-state index contributed by atoms with van der Waals surface area (Å²) >= 11 is 3.24. The predicted molar refractivity (Wildman–Crippen MR) is 68.2 cm³/mol. The van der Waals surface area contributed by atoms with Gasteiger partial charge in [0, 0.05) is 23.1 Å². The van der Waals surface area contributed by atoms with E-state index in [1.54, 1.807) is 17.0 Å². The van der Waals surface area contributed by atoms with E-state index in [2.05, 4.69) is 15.9 Å². The Morgan fingerprint density at radius 3 is 2.68 bits per heavy atom. The molecule has 0 aromatic heterocycles. The summed E-state index contributed by atoms with van der Waals surface area (Å²) < 4.78 is 52.4. The molecule has 0 spiro atoms. The molecule has 0 amide bonds. The largest absolute Gasteiger partial charge is 0.393 e. The van der Waals surface area contributed by atoms with Crippen LogP contribution in [0.15, 0.2) is 22.7 Å². The maximum Gasteiger partial charge on any atom is 0.393 e. The highest BCUT2D eigenvalue weighted by molar-refractivity contribution is 9.10. The van der Waals surface area contributed by atoms with E-state index in [0.29, 0.717) is 23.0 Å². The molecule has 1 atom stereocenters. The molecule has 1 aliphatic rings. The molecular formula is C13H14BrF4N. The number of piperidine rings is 1. The van der Waals surface area contributed by atoms with E-state index in [9.17, 15) is 17.6 Å². The van der Waals surface area contributed by atoms with Crippen molar-refractivity contribution in [2.45, 2.75) is 25.6 Å². The van der Waals surface area contributed by atoms with Crippen molar-refractivity contribution in [3.05, 3.63) is 34.1 Å². The molecule has 106 valence electrons. The van der Waals surface area contributed by atoms with Gasteiger partial charge in [-0.25, -0.2) is 4.39 Å². The Bertz CT molecular complexity index is 427. The van der Waals surface area contributed by atoms with E-state index in [-0.39, 0.29) is 25.3 Å². The molecule has 6 heteroatoms. The number of rotatable bonds is 2. The van der Waals surface area contributed by atoms with Crippen LogP contribution < -0.4 is 0 Å². The van der Waals surface area contributed by atoms with Gasteiger partial charge in [-0.3, -0.25) is 4.90 Å². The summed E-state index contributed by atoms with van der Waals surface area (Å²) in [5.41, 5.74) is 0.422. The van der Waals surface area contributed by atoms with Crippen LogP contribution >= 0.6 is 15.9 Å².